The summed E-state index contributed by atoms with van der Waals surface area (Å²) in [7, 11) is 0. The Morgan fingerprint density at radius 2 is 1.45 bits per heavy atom. The number of carbonyl (C=O) groups is 2. The zero-order valence-corrected chi connectivity index (χ0v) is 17.5. The Hall–Kier alpha value is -3.24. The lowest BCUT2D eigenvalue weighted by molar-refractivity contribution is -0.126. The molecule has 0 spiro atoms. The molecule has 3 atom stereocenters. The van der Waals surface area contributed by atoms with Gasteiger partial charge in [0.2, 0.25) is 5.91 Å². The summed E-state index contributed by atoms with van der Waals surface area (Å²) in [5.74, 6) is -0.514. The average Bonchev–Trinajstić information content (AvgIpc) is 2.84. The van der Waals surface area contributed by atoms with Gasteiger partial charge in [-0.2, -0.15) is 0 Å². The molecule has 1 heterocycles. The van der Waals surface area contributed by atoms with Crippen LogP contribution in [-0.4, -0.2) is 24.8 Å². The molecule has 0 radical (unpaired) electrons. The number of benzene rings is 3. The van der Waals surface area contributed by atoms with Crippen LogP contribution in [0.2, 0.25) is 0 Å². The van der Waals surface area contributed by atoms with Gasteiger partial charge in [-0.3, -0.25) is 9.59 Å². The minimum atomic E-state index is -1.09. The van der Waals surface area contributed by atoms with Crippen LogP contribution in [0.1, 0.15) is 40.2 Å². The summed E-state index contributed by atoms with van der Waals surface area (Å²) in [6, 6.07) is 29.0. The highest BCUT2D eigenvalue weighted by atomic mass is 16.1. The second-order valence-electron chi connectivity index (χ2n) is 8.28. The molecule has 1 saturated heterocycles. The van der Waals surface area contributed by atoms with Crippen LogP contribution in [0.3, 0.4) is 0 Å². The number of nitrogens with two attached hydrogens (primary N) is 1. The Kier molecular flexibility index (Phi) is 6.28. The van der Waals surface area contributed by atoms with Crippen molar-refractivity contribution in [3.63, 3.8) is 0 Å². The summed E-state index contributed by atoms with van der Waals surface area (Å²) in [6.07, 6.45) is 0.823. The standard InChI is InChI=1S/C27H28N2O2/c28-26(31)27(22-14-8-3-9-15-22,18-25(30)21-12-6-2-7-13-21)24-16-17-29-19-23(24)20-10-4-1-5-11-20/h1-15,23-24,29H,16-19H2,(H2,28,31). The molecule has 3 unspecified atom stereocenters. The van der Waals surface area contributed by atoms with Crippen molar-refractivity contribution in [2.45, 2.75) is 24.2 Å². The van der Waals surface area contributed by atoms with Crippen molar-refractivity contribution in [1.82, 2.24) is 5.32 Å². The number of ketones is 1. The minimum Gasteiger partial charge on any atom is -0.369 e. The van der Waals surface area contributed by atoms with E-state index in [4.69, 9.17) is 5.73 Å². The van der Waals surface area contributed by atoms with E-state index in [2.05, 4.69) is 17.4 Å². The van der Waals surface area contributed by atoms with E-state index in [9.17, 15) is 9.59 Å². The molecule has 3 aromatic rings. The fourth-order valence-corrected chi connectivity index (χ4v) is 5.07. The van der Waals surface area contributed by atoms with Gasteiger partial charge in [0.15, 0.2) is 5.78 Å². The van der Waals surface area contributed by atoms with Crippen LogP contribution in [0.15, 0.2) is 91.0 Å². The van der Waals surface area contributed by atoms with Gasteiger partial charge in [0.05, 0.1) is 5.41 Å². The Balaban J connectivity index is 1.84. The van der Waals surface area contributed by atoms with E-state index in [0.29, 0.717) is 5.56 Å². The first-order valence-corrected chi connectivity index (χ1v) is 10.8. The van der Waals surface area contributed by atoms with Gasteiger partial charge in [-0.15, -0.1) is 0 Å². The predicted molar refractivity (Wildman–Crippen MR) is 123 cm³/mol. The molecule has 3 aromatic carbocycles. The second-order valence-corrected chi connectivity index (χ2v) is 8.28. The molecule has 158 valence electrons. The molecule has 1 fully saturated rings. The smallest absolute Gasteiger partial charge is 0.228 e. The maximum atomic E-state index is 13.4. The van der Waals surface area contributed by atoms with Crippen molar-refractivity contribution in [2.75, 3.05) is 13.1 Å². The molecule has 0 saturated carbocycles. The van der Waals surface area contributed by atoms with E-state index in [0.717, 1.165) is 30.6 Å². The topological polar surface area (TPSA) is 72.2 Å². The monoisotopic (exact) mass is 412 g/mol. The number of hydrogen-bond donors (Lipinski definition) is 2. The third-order valence-corrected chi connectivity index (χ3v) is 6.61. The zero-order chi connectivity index (χ0) is 21.7. The average molecular weight is 413 g/mol. The Bertz CT molecular complexity index is 1020. The van der Waals surface area contributed by atoms with Crippen molar-refractivity contribution in [3.05, 3.63) is 108 Å². The van der Waals surface area contributed by atoms with Gasteiger partial charge in [0, 0.05) is 24.4 Å². The Morgan fingerprint density at radius 3 is 2.06 bits per heavy atom. The van der Waals surface area contributed by atoms with E-state index in [-0.39, 0.29) is 24.0 Å². The molecule has 4 nitrogen and oxygen atoms in total. The minimum absolute atomic E-state index is 0.0599. The number of Topliss-reactive ketones (excluding diaryl/α,β-unsaturated/α-hetero) is 1. The fourth-order valence-electron chi connectivity index (χ4n) is 5.07. The molecule has 4 heteroatoms. The van der Waals surface area contributed by atoms with Gasteiger partial charge < -0.3 is 11.1 Å². The van der Waals surface area contributed by atoms with Gasteiger partial charge in [0.1, 0.15) is 0 Å². The molecule has 0 bridgehead atoms. The molecular formula is C27H28N2O2. The van der Waals surface area contributed by atoms with Crippen LogP contribution in [0.25, 0.3) is 0 Å². The van der Waals surface area contributed by atoms with E-state index in [1.165, 1.54) is 0 Å². The predicted octanol–water partition coefficient (Wildman–Crippen LogP) is 4.08. The van der Waals surface area contributed by atoms with Crippen LogP contribution in [0.4, 0.5) is 0 Å². The van der Waals surface area contributed by atoms with Crippen molar-refractivity contribution < 1.29 is 9.59 Å². The van der Waals surface area contributed by atoms with Crippen molar-refractivity contribution in [3.8, 4) is 0 Å². The maximum absolute atomic E-state index is 13.4. The quantitative estimate of drug-likeness (QED) is 0.575. The van der Waals surface area contributed by atoms with Crippen LogP contribution in [-0.2, 0) is 10.2 Å². The van der Waals surface area contributed by atoms with E-state index >= 15 is 0 Å². The van der Waals surface area contributed by atoms with Crippen LogP contribution in [0.5, 0.6) is 0 Å². The number of hydrogen-bond acceptors (Lipinski definition) is 3. The summed E-state index contributed by atoms with van der Waals surface area (Å²) in [6.45, 7) is 1.53. The number of carbonyl (C=O) groups excluding carboxylic acids is 2. The zero-order valence-electron chi connectivity index (χ0n) is 17.5. The van der Waals surface area contributed by atoms with Crippen LogP contribution in [0, 0.1) is 5.92 Å². The Morgan fingerprint density at radius 1 is 0.871 bits per heavy atom. The highest BCUT2D eigenvalue weighted by molar-refractivity contribution is 6.01. The first-order valence-electron chi connectivity index (χ1n) is 10.8. The maximum Gasteiger partial charge on any atom is 0.228 e. The molecule has 1 aliphatic heterocycles. The molecule has 0 aromatic heterocycles. The van der Waals surface area contributed by atoms with Crippen LogP contribution < -0.4 is 11.1 Å². The molecule has 3 N–H and O–H groups in total. The van der Waals surface area contributed by atoms with Crippen molar-refractivity contribution in [1.29, 1.82) is 0 Å². The number of piperidine rings is 1. The summed E-state index contributed by atoms with van der Waals surface area (Å²) >= 11 is 0. The molecule has 1 amide bonds. The molecular weight excluding hydrogens is 384 g/mol. The highest BCUT2D eigenvalue weighted by Gasteiger charge is 2.51. The first-order chi connectivity index (χ1) is 15.1. The van der Waals surface area contributed by atoms with E-state index in [1.807, 2.05) is 66.7 Å². The molecule has 31 heavy (non-hydrogen) atoms. The van der Waals surface area contributed by atoms with Gasteiger partial charge in [-0.05, 0) is 30.0 Å². The number of primary amides is 1. The van der Waals surface area contributed by atoms with Gasteiger partial charge >= 0.3 is 0 Å². The van der Waals surface area contributed by atoms with E-state index < -0.39 is 11.3 Å². The summed E-state index contributed by atoms with van der Waals surface area (Å²) in [4.78, 5) is 26.7. The third-order valence-electron chi connectivity index (χ3n) is 6.61. The fraction of sp³-hybridized carbons (Fsp3) is 0.259. The van der Waals surface area contributed by atoms with E-state index in [1.54, 1.807) is 12.1 Å². The number of rotatable bonds is 7. The van der Waals surface area contributed by atoms with Gasteiger partial charge in [-0.1, -0.05) is 91.0 Å². The van der Waals surface area contributed by atoms with Crippen molar-refractivity contribution >= 4 is 11.7 Å². The number of nitrogens with one attached hydrogen (secondary N) is 1. The van der Waals surface area contributed by atoms with Crippen molar-refractivity contribution in [2.24, 2.45) is 11.7 Å². The molecule has 0 aliphatic carbocycles. The third kappa shape index (κ3) is 4.17. The lowest BCUT2D eigenvalue weighted by atomic mass is 9.59. The number of amides is 1. The van der Waals surface area contributed by atoms with Crippen LogP contribution >= 0.6 is 0 Å². The van der Waals surface area contributed by atoms with Gasteiger partial charge in [0.25, 0.3) is 0 Å². The summed E-state index contributed by atoms with van der Waals surface area (Å²) < 4.78 is 0. The molecule has 1 aliphatic rings. The largest absolute Gasteiger partial charge is 0.369 e. The lowest BCUT2D eigenvalue weighted by Gasteiger charge is -2.45. The summed E-state index contributed by atoms with van der Waals surface area (Å²) in [5, 5.41) is 3.47. The van der Waals surface area contributed by atoms with Gasteiger partial charge in [-0.25, -0.2) is 0 Å². The highest BCUT2D eigenvalue weighted by Crippen LogP contribution is 2.47. The summed E-state index contributed by atoms with van der Waals surface area (Å²) in [5.41, 5.74) is 7.69. The first kappa shape index (κ1) is 21.0. The lowest BCUT2D eigenvalue weighted by Crippen LogP contribution is -2.54. The SMILES string of the molecule is NC(=O)C(CC(=O)c1ccccc1)(c1ccccc1)C1CCNCC1c1ccccc1. The second kappa shape index (κ2) is 9.27. The Labute approximate surface area is 183 Å². The normalized spacial score (nSPS) is 20.5. The molecule has 4 rings (SSSR count).